The quantitative estimate of drug-likeness (QED) is 0.0970. The number of fused-ring (bicyclic) bond motifs is 1. The fourth-order valence-corrected chi connectivity index (χ4v) is 6.11. The van der Waals surface area contributed by atoms with Gasteiger partial charge >= 0.3 is 6.09 Å². The lowest BCUT2D eigenvalue weighted by atomic mass is 9.92. The topological polar surface area (TPSA) is 127 Å². The van der Waals surface area contributed by atoms with Crippen LogP contribution in [0.4, 0.5) is 15.6 Å². The number of benzene rings is 5. The zero-order valence-corrected chi connectivity index (χ0v) is 25.4. The maximum atomic E-state index is 12.9. The number of phenols is 1. The van der Waals surface area contributed by atoms with Gasteiger partial charge in [-0.3, -0.25) is 10.1 Å². The Morgan fingerprint density at radius 1 is 0.870 bits per heavy atom. The van der Waals surface area contributed by atoms with Crippen LogP contribution in [0, 0.1) is 10.1 Å². The number of carbonyl (C=O) groups excluding carboxylic acids is 1. The van der Waals surface area contributed by atoms with Crippen molar-refractivity contribution < 1.29 is 19.6 Å². The van der Waals surface area contributed by atoms with E-state index in [4.69, 9.17) is 9.72 Å². The molecule has 46 heavy (non-hydrogen) atoms. The molecule has 0 aliphatic carbocycles. The highest BCUT2D eigenvalue weighted by Crippen LogP contribution is 2.39. The first kappa shape index (κ1) is 30.3. The van der Waals surface area contributed by atoms with Gasteiger partial charge in [0.1, 0.15) is 12.4 Å². The molecule has 0 bridgehead atoms. The molecule has 0 saturated heterocycles. The van der Waals surface area contributed by atoms with Crippen molar-refractivity contribution in [1.82, 2.24) is 10.3 Å². The molecular formula is C36H30N4O5S. The van der Waals surface area contributed by atoms with Crippen molar-refractivity contribution in [2.45, 2.75) is 25.1 Å². The Bertz CT molecular complexity index is 1950. The number of phenolic OH excluding ortho intramolecular Hbond substituents is 1. The summed E-state index contributed by atoms with van der Waals surface area (Å²) in [7, 11) is 0. The summed E-state index contributed by atoms with van der Waals surface area (Å²) in [5.41, 5.74) is 3.83. The molecule has 1 amide bonds. The molecule has 6 rings (SSSR count). The molecule has 1 aromatic heterocycles. The number of nitro benzene ring substituents is 1. The van der Waals surface area contributed by atoms with Crippen LogP contribution in [0.5, 0.6) is 5.75 Å². The van der Waals surface area contributed by atoms with E-state index >= 15 is 0 Å². The number of rotatable bonds is 11. The van der Waals surface area contributed by atoms with Crippen LogP contribution in [0.15, 0.2) is 127 Å². The second kappa shape index (κ2) is 13.9. The predicted molar refractivity (Wildman–Crippen MR) is 179 cm³/mol. The maximum Gasteiger partial charge on any atom is 0.408 e. The second-order valence-corrected chi connectivity index (χ2v) is 11.5. The SMILES string of the molecule is O=C(NC(Cc1ccccc1)c1csc(NC(c2ccc([N+](=O)[O-])cc2)c2c(O)ccc3ccccc23)n1)OCc1ccccc1. The molecule has 0 aliphatic heterocycles. The highest BCUT2D eigenvalue weighted by molar-refractivity contribution is 7.13. The Hall–Kier alpha value is -5.74. The van der Waals surface area contributed by atoms with Gasteiger partial charge < -0.3 is 20.5 Å². The number of amides is 1. The number of non-ortho nitro benzene ring substituents is 1. The fraction of sp³-hybridized carbons (Fsp3) is 0.111. The largest absolute Gasteiger partial charge is 0.508 e. The zero-order valence-electron chi connectivity index (χ0n) is 24.6. The minimum atomic E-state index is -0.595. The van der Waals surface area contributed by atoms with Crippen LogP contribution in [0.2, 0.25) is 0 Å². The van der Waals surface area contributed by atoms with Crippen LogP contribution in [-0.4, -0.2) is 21.1 Å². The van der Waals surface area contributed by atoms with E-state index in [0.29, 0.717) is 28.4 Å². The third-order valence-electron chi connectivity index (χ3n) is 7.61. The Labute approximate surface area is 269 Å². The van der Waals surface area contributed by atoms with E-state index in [1.165, 1.54) is 23.5 Å². The highest BCUT2D eigenvalue weighted by Gasteiger charge is 2.25. The lowest BCUT2D eigenvalue weighted by Crippen LogP contribution is -2.30. The van der Waals surface area contributed by atoms with Gasteiger partial charge in [-0.25, -0.2) is 9.78 Å². The molecular weight excluding hydrogens is 600 g/mol. The molecule has 230 valence electrons. The van der Waals surface area contributed by atoms with Gasteiger partial charge in [0.05, 0.1) is 22.7 Å². The van der Waals surface area contributed by atoms with Crippen molar-refractivity contribution in [3.05, 3.63) is 165 Å². The van der Waals surface area contributed by atoms with Gasteiger partial charge in [0.15, 0.2) is 5.13 Å². The number of nitrogens with one attached hydrogen (secondary N) is 2. The van der Waals surface area contributed by atoms with Crippen LogP contribution in [0.25, 0.3) is 10.8 Å². The van der Waals surface area contributed by atoms with Crippen molar-refractivity contribution >= 4 is 39.0 Å². The molecule has 0 aliphatic rings. The molecule has 0 spiro atoms. The maximum absolute atomic E-state index is 12.9. The molecule has 1 heterocycles. The molecule has 9 nitrogen and oxygen atoms in total. The van der Waals surface area contributed by atoms with Crippen LogP contribution in [0.1, 0.15) is 40.0 Å². The summed E-state index contributed by atoms with van der Waals surface area (Å²) in [6.45, 7) is 0.139. The third-order valence-corrected chi connectivity index (χ3v) is 8.40. The molecule has 2 atom stereocenters. The van der Waals surface area contributed by atoms with E-state index in [-0.39, 0.29) is 18.0 Å². The fourth-order valence-electron chi connectivity index (χ4n) is 5.32. The lowest BCUT2D eigenvalue weighted by molar-refractivity contribution is -0.384. The number of nitro groups is 1. The number of alkyl carbamates (subject to hydrolysis) is 1. The van der Waals surface area contributed by atoms with Gasteiger partial charge in [-0.15, -0.1) is 11.3 Å². The van der Waals surface area contributed by atoms with Gasteiger partial charge in [-0.1, -0.05) is 91.0 Å². The third kappa shape index (κ3) is 7.14. The van der Waals surface area contributed by atoms with E-state index in [1.54, 1.807) is 18.2 Å². The molecule has 3 N–H and O–H groups in total. The number of thiazole rings is 1. The van der Waals surface area contributed by atoms with Crippen LogP contribution < -0.4 is 10.6 Å². The normalized spacial score (nSPS) is 12.3. The number of aromatic nitrogens is 1. The van der Waals surface area contributed by atoms with Crippen molar-refractivity contribution in [2.24, 2.45) is 0 Å². The number of hydrogen-bond acceptors (Lipinski definition) is 8. The Balaban J connectivity index is 1.31. The van der Waals surface area contributed by atoms with E-state index in [1.807, 2.05) is 96.4 Å². The minimum Gasteiger partial charge on any atom is -0.508 e. The number of carbonyl (C=O) groups is 1. The molecule has 6 aromatic rings. The molecule has 5 aromatic carbocycles. The smallest absolute Gasteiger partial charge is 0.408 e. The van der Waals surface area contributed by atoms with E-state index < -0.39 is 23.1 Å². The highest BCUT2D eigenvalue weighted by atomic mass is 32.1. The van der Waals surface area contributed by atoms with E-state index in [9.17, 15) is 20.0 Å². The summed E-state index contributed by atoms with van der Waals surface area (Å²) in [4.78, 5) is 28.7. The second-order valence-electron chi connectivity index (χ2n) is 10.7. The summed E-state index contributed by atoms with van der Waals surface area (Å²) in [6, 6.07) is 35.6. The Morgan fingerprint density at radius 3 is 2.26 bits per heavy atom. The first-order chi connectivity index (χ1) is 22.4. The summed E-state index contributed by atoms with van der Waals surface area (Å²) in [6.07, 6.45) is -0.0721. The average Bonchev–Trinajstić information content (AvgIpc) is 3.56. The standard InChI is InChI=1S/C36H30N4O5S/c41-32-20-17-26-13-7-8-14-29(26)33(32)34(27-15-18-28(19-16-27)40(43)44)39-35-37-31(23-46-35)30(21-24-9-3-1-4-10-24)38-36(42)45-22-25-11-5-2-6-12-25/h1-20,23,30,34,41H,21-22H2,(H,37,39)(H,38,42). The minimum absolute atomic E-state index is 0.0323. The summed E-state index contributed by atoms with van der Waals surface area (Å²) in [5, 5.41) is 33.1. The van der Waals surface area contributed by atoms with Gasteiger partial charge in [-0.2, -0.15) is 0 Å². The Kier molecular flexibility index (Phi) is 9.17. The Morgan fingerprint density at radius 2 is 1.54 bits per heavy atom. The molecule has 0 radical (unpaired) electrons. The van der Waals surface area contributed by atoms with Gasteiger partial charge in [0.2, 0.25) is 0 Å². The van der Waals surface area contributed by atoms with Crippen molar-refractivity contribution in [3.8, 4) is 5.75 Å². The predicted octanol–water partition coefficient (Wildman–Crippen LogP) is 8.32. The zero-order chi connectivity index (χ0) is 31.9. The monoisotopic (exact) mass is 630 g/mol. The van der Waals surface area contributed by atoms with Crippen molar-refractivity contribution in [2.75, 3.05) is 5.32 Å². The first-order valence-electron chi connectivity index (χ1n) is 14.6. The number of aromatic hydroxyl groups is 1. The van der Waals surface area contributed by atoms with E-state index in [2.05, 4.69) is 10.6 Å². The number of hydrogen-bond donors (Lipinski definition) is 3. The average molecular weight is 631 g/mol. The van der Waals surface area contributed by atoms with Gasteiger partial charge in [-0.05, 0) is 52.1 Å². The van der Waals surface area contributed by atoms with Crippen LogP contribution >= 0.6 is 11.3 Å². The molecule has 2 unspecified atom stereocenters. The van der Waals surface area contributed by atoms with Crippen LogP contribution in [-0.2, 0) is 17.8 Å². The van der Waals surface area contributed by atoms with Crippen molar-refractivity contribution in [1.29, 1.82) is 0 Å². The number of ether oxygens (including phenoxy) is 1. The van der Waals surface area contributed by atoms with Gasteiger partial charge in [0.25, 0.3) is 5.69 Å². The van der Waals surface area contributed by atoms with E-state index in [0.717, 1.165) is 21.9 Å². The molecule has 0 saturated carbocycles. The molecule has 10 heteroatoms. The lowest BCUT2D eigenvalue weighted by Gasteiger charge is -2.22. The summed E-state index contributed by atoms with van der Waals surface area (Å²) in [5.74, 6) is 0.0797. The summed E-state index contributed by atoms with van der Waals surface area (Å²) < 4.78 is 5.52. The molecule has 0 fully saturated rings. The van der Waals surface area contributed by atoms with Gasteiger partial charge in [0, 0.05) is 23.1 Å². The first-order valence-corrected chi connectivity index (χ1v) is 15.5. The number of anilines is 1. The number of nitrogens with zero attached hydrogens (tertiary/aromatic N) is 2. The van der Waals surface area contributed by atoms with Crippen molar-refractivity contribution in [3.63, 3.8) is 0 Å². The van der Waals surface area contributed by atoms with Crippen LogP contribution in [0.3, 0.4) is 0 Å². The summed E-state index contributed by atoms with van der Waals surface area (Å²) >= 11 is 1.36.